The van der Waals surface area contributed by atoms with Gasteiger partial charge in [-0.15, -0.1) is 0 Å². The van der Waals surface area contributed by atoms with E-state index in [-0.39, 0.29) is 34.4 Å². The number of esters is 1. The van der Waals surface area contributed by atoms with E-state index in [9.17, 15) is 64.1 Å². The normalized spacial score (nSPS) is 12.0. The monoisotopic (exact) mass is 1830 g/mol. The van der Waals surface area contributed by atoms with Gasteiger partial charge in [0.15, 0.2) is 35.5 Å². The zero-order valence-corrected chi connectivity index (χ0v) is 56.3. The van der Waals surface area contributed by atoms with Crippen molar-refractivity contribution in [2.45, 2.75) is 68.3 Å². The number of ether oxygens (including phenoxy) is 1. The van der Waals surface area contributed by atoms with Gasteiger partial charge in [0.05, 0.1) is 38.9 Å². The van der Waals surface area contributed by atoms with Gasteiger partial charge in [-0.2, -0.15) is 22.0 Å². The van der Waals surface area contributed by atoms with Crippen molar-refractivity contribution in [3.05, 3.63) is 237 Å². The molecule has 23 heteroatoms. The zero-order chi connectivity index (χ0) is 60.1. The van der Waals surface area contributed by atoms with Crippen LogP contribution in [0.3, 0.4) is 0 Å². The van der Waals surface area contributed by atoms with Crippen LogP contribution in [-0.2, 0) is 37.5 Å². The maximum Gasteiger partial charge on any atom is 0.416 e. The Kier molecular flexibility index (Phi) is 26.3. The number of carbonyl (C=O) groups is 3. The first-order valence-corrected chi connectivity index (χ1v) is 32.0. The first kappa shape index (κ1) is 68.4. The Morgan fingerprint density at radius 3 is 1.06 bits per heavy atom. The van der Waals surface area contributed by atoms with Crippen molar-refractivity contribution in [1.29, 1.82) is 0 Å². The number of hydrogen-bond donors (Lipinski definition) is 0. The van der Waals surface area contributed by atoms with Gasteiger partial charge in [-0.25, -0.2) is 22.4 Å². The number of hydrogen-bond acceptors (Lipinski definition) is 6. The molecule has 81 heavy (non-hydrogen) atoms. The van der Waals surface area contributed by atoms with Gasteiger partial charge in [0.2, 0.25) is 0 Å². The molecule has 6 nitrogen and oxygen atoms in total. The average Bonchev–Trinajstić information content (AvgIpc) is 3.47. The lowest BCUT2D eigenvalue weighted by Crippen LogP contribution is -2.53. The number of carboxylic acid groups (broad SMARTS) is 2. The molecule has 0 N–H and O–H groups in total. The molecule has 2 unspecified atom stereocenters. The van der Waals surface area contributed by atoms with Gasteiger partial charge in [0.1, 0.15) is 29.2 Å². The van der Waals surface area contributed by atoms with Crippen LogP contribution >= 0.6 is 136 Å². The van der Waals surface area contributed by atoms with E-state index in [0.29, 0.717) is 3.57 Å². The van der Waals surface area contributed by atoms with Crippen molar-refractivity contribution in [2.24, 2.45) is 5.92 Å². The molecule has 0 aromatic heterocycles. The van der Waals surface area contributed by atoms with Gasteiger partial charge in [0, 0.05) is 27.0 Å². The second-order valence-electron chi connectivity index (χ2n) is 17.0. The van der Waals surface area contributed by atoms with E-state index in [2.05, 4.69) is 45.2 Å². The second kappa shape index (κ2) is 31.1. The fraction of sp³-hybridized carbons (Fsp3) is 0.121. The molecular formula is C58H39F9I6O6S2. The third-order valence-electron chi connectivity index (χ3n) is 10.8. The fourth-order valence-corrected chi connectivity index (χ4v) is 15.7. The van der Waals surface area contributed by atoms with E-state index in [1.807, 2.05) is 134 Å². The SMILES string of the molecule is CC(C)C(OC(=O)c1cc(I)cc(I)c1I)C(F)(F)C(=O)[O-].Cc1ccc([S+](c2ccc(F)cc2)c2ccc(C(F)(F)F)cc2)cc1.Fc1ccc([S+](c2ccc(F)cc2)c2ccc(F)cc2)cc1.O=C([O-])c1cc(I)cc(I)c1I. The number of alkyl halides is 5. The largest absolute Gasteiger partial charge is 0.545 e. The summed E-state index contributed by atoms with van der Waals surface area (Å²) >= 11 is 12.1. The van der Waals surface area contributed by atoms with E-state index in [1.165, 1.54) is 80.6 Å². The van der Waals surface area contributed by atoms with E-state index < -0.39 is 69.4 Å². The lowest BCUT2D eigenvalue weighted by molar-refractivity contribution is -0.337. The third kappa shape index (κ3) is 19.8. The van der Waals surface area contributed by atoms with Gasteiger partial charge in [-0.3, -0.25) is 0 Å². The molecule has 0 amide bonds. The summed E-state index contributed by atoms with van der Waals surface area (Å²) in [6, 6.07) is 44.5. The molecule has 0 aliphatic heterocycles. The number of aromatic carboxylic acids is 1. The molecule has 0 aliphatic carbocycles. The molecule has 8 aromatic rings. The van der Waals surface area contributed by atoms with E-state index >= 15 is 0 Å². The lowest BCUT2D eigenvalue weighted by atomic mass is 10.0. The summed E-state index contributed by atoms with van der Waals surface area (Å²) in [6.07, 6.45) is -6.46. The molecule has 0 fully saturated rings. The summed E-state index contributed by atoms with van der Waals surface area (Å²) in [7, 11) is -1.14. The van der Waals surface area contributed by atoms with Crippen molar-refractivity contribution in [1.82, 2.24) is 0 Å². The minimum atomic E-state index is -4.36. The molecular weight excluding hydrogens is 1790 g/mol. The van der Waals surface area contributed by atoms with E-state index in [0.717, 1.165) is 64.9 Å². The minimum absolute atomic E-state index is 0.122. The minimum Gasteiger partial charge on any atom is -0.545 e. The van der Waals surface area contributed by atoms with Crippen LogP contribution in [0.4, 0.5) is 39.5 Å². The van der Waals surface area contributed by atoms with Crippen LogP contribution < -0.4 is 10.2 Å². The number of rotatable bonds is 12. The molecule has 8 rings (SSSR count). The van der Waals surface area contributed by atoms with Crippen LogP contribution in [0.2, 0.25) is 0 Å². The number of halogens is 15. The molecule has 0 saturated heterocycles. The Hall–Kier alpha value is -3.38. The molecule has 0 heterocycles. The zero-order valence-electron chi connectivity index (χ0n) is 41.8. The van der Waals surface area contributed by atoms with Crippen molar-refractivity contribution in [3.8, 4) is 0 Å². The van der Waals surface area contributed by atoms with Crippen LogP contribution in [-0.4, -0.2) is 29.9 Å². The lowest BCUT2D eigenvalue weighted by Gasteiger charge is -2.30. The van der Waals surface area contributed by atoms with Crippen LogP contribution in [0.15, 0.2) is 199 Å². The molecule has 2 atom stereocenters. The number of benzene rings is 8. The third-order valence-corrected chi connectivity index (χ3v) is 22.6. The quantitative estimate of drug-likeness (QED) is 0.0397. The Labute approximate surface area is 548 Å². The van der Waals surface area contributed by atoms with Crippen molar-refractivity contribution in [2.75, 3.05) is 0 Å². The van der Waals surface area contributed by atoms with Crippen molar-refractivity contribution in [3.63, 3.8) is 0 Å². The standard InChI is InChI=1S/C20H15F4S.C18H12F3S.C13H11F2I3O4.C7H3I3O2/c1-14-2-8-17(9-3-14)25(19-12-6-16(21)7-13-19)18-10-4-15(5-11-18)20(22,23)24;19-13-1-7-16(8-2-13)22(17-9-3-14(20)4-10-17)18-11-5-15(21)6-12-18;1-5(2)10(13(14,15)12(20)21)22-11(19)7-3-6(16)4-8(17)9(7)18;8-3-1-4(7(11)12)6(10)5(9)2-3/h2-13H,1H3;1-12H;3-5,10H,1-2H3,(H,20,21);1-2H,(H,11,12)/q2*+1;;/p-2. The highest BCUT2D eigenvalue weighted by atomic mass is 127. The van der Waals surface area contributed by atoms with Gasteiger partial charge in [-0.1, -0.05) is 31.5 Å². The number of carboxylic acids is 2. The summed E-state index contributed by atoms with van der Waals surface area (Å²) in [5.41, 5.74) is 0.810. The van der Waals surface area contributed by atoms with E-state index in [1.54, 1.807) is 54.6 Å². The van der Waals surface area contributed by atoms with Gasteiger partial charge >= 0.3 is 18.1 Å². The number of aliphatic carboxylic acids is 1. The molecule has 0 spiro atoms. The van der Waals surface area contributed by atoms with Crippen LogP contribution in [0.1, 0.15) is 45.7 Å². The molecule has 424 valence electrons. The number of carbonyl (C=O) groups excluding carboxylic acids is 3. The first-order chi connectivity index (χ1) is 38.0. The molecule has 0 bridgehead atoms. The van der Waals surface area contributed by atoms with Gasteiger partial charge in [-0.05, 0) is 306 Å². The van der Waals surface area contributed by atoms with Crippen LogP contribution in [0.5, 0.6) is 0 Å². The highest BCUT2D eigenvalue weighted by molar-refractivity contribution is 14.1. The summed E-state index contributed by atoms with van der Waals surface area (Å²) < 4.78 is 128. The second-order valence-corrected chi connectivity index (χ2v) is 28.1. The van der Waals surface area contributed by atoms with Crippen LogP contribution in [0, 0.1) is 57.5 Å². The van der Waals surface area contributed by atoms with Crippen molar-refractivity contribution < 1.29 is 68.8 Å². The highest BCUT2D eigenvalue weighted by Gasteiger charge is 2.46. The average molecular weight is 1830 g/mol. The van der Waals surface area contributed by atoms with Gasteiger partial charge < -0.3 is 24.5 Å². The van der Waals surface area contributed by atoms with Crippen LogP contribution in [0.25, 0.3) is 0 Å². The Morgan fingerprint density at radius 2 is 0.765 bits per heavy atom. The van der Waals surface area contributed by atoms with Crippen molar-refractivity contribution >= 4 is 175 Å². The summed E-state index contributed by atoms with van der Waals surface area (Å²) in [5.74, 6) is -11.1. The smallest absolute Gasteiger partial charge is 0.416 e. The Morgan fingerprint density at radius 1 is 0.469 bits per heavy atom. The molecule has 0 aliphatic rings. The Bertz CT molecular complexity index is 3280. The predicted octanol–water partition coefficient (Wildman–Crippen LogP) is 16.4. The van der Waals surface area contributed by atoms with Gasteiger partial charge in [0.25, 0.3) is 0 Å². The number of aryl methyl sites for hydroxylation is 1. The summed E-state index contributed by atoms with van der Waals surface area (Å²) in [6.45, 7) is 4.66. The molecule has 0 radical (unpaired) electrons. The molecule has 8 aromatic carbocycles. The predicted molar refractivity (Wildman–Crippen MR) is 340 cm³/mol. The van der Waals surface area contributed by atoms with E-state index in [4.69, 9.17) is 4.74 Å². The highest BCUT2D eigenvalue weighted by Crippen LogP contribution is 2.36. The Balaban J connectivity index is 0.000000203. The maximum absolute atomic E-state index is 13.7. The summed E-state index contributed by atoms with van der Waals surface area (Å²) in [4.78, 5) is 38.6. The topological polar surface area (TPSA) is 107 Å². The summed E-state index contributed by atoms with van der Waals surface area (Å²) in [5, 5.41) is 21.2. The molecule has 0 saturated carbocycles. The maximum atomic E-state index is 13.7. The first-order valence-electron chi connectivity index (χ1n) is 23.0. The fourth-order valence-electron chi connectivity index (χ4n) is 6.89.